The van der Waals surface area contributed by atoms with Gasteiger partial charge in [0.05, 0.1) is 13.1 Å². The molecule has 0 radical (unpaired) electrons. The van der Waals surface area contributed by atoms with E-state index in [0.29, 0.717) is 0 Å². The van der Waals surface area contributed by atoms with E-state index in [4.69, 9.17) is 4.74 Å². The normalized spacial score (nSPS) is 18.5. The predicted octanol–water partition coefficient (Wildman–Crippen LogP) is 1.85. The van der Waals surface area contributed by atoms with E-state index >= 15 is 0 Å². The molecule has 0 atom stereocenters. The zero-order valence-corrected chi connectivity index (χ0v) is 13.1. The van der Waals surface area contributed by atoms with Crippen LogP contribution in [0.4, 0.5) is 4.79 Å². The van der Waals surface area contributed by atoms with Crippen LogP contribution in [0.3, 0.4) is 0 Å². The first-order valence-corrected chi connectivity index (χ1v) is 9.65. The molecule has 102 valence electrons. The van der Waals surface area contributed by atoms with E-state index in [9.17, 15) is 9.90 Å². The molecular formula is C13H23NO3Si. The van der Waals surface area contributed by atoms with Gasteiger partial charge >= 0.3 is 6.09 Å². The highest BCUT2D eigenvalue weighted by Crippen LogP contribution is 2.23. The van der Waals surface area contributed by atoms with Crippen LogP contribution >= 0.6 is 0 Å². The third kappa shape index (κ3) is 4.71. The summed E-state index contributed by atoms with van der Waals surface area (Å²) < 4.78 is 5.22. The lowest BCUT2D eigenvalue weighted by Gasteiger charge is -2.43. The Kier molecular flexibility index (Phi) is 3.85. The monoisotopic (exact) mass is 269 g/mol. The minimum absolute atomic E-state index is 0.236. The van der Waals surface area contributed by atoms with Gasteiger partial charge in [0, 0.05) is 0 Å². The van der Waals surface area contributed by atoms with Crippen LogP contribution in [-0.4, -0.2) is 48.5 Å². The third-order valence-electron chi connectivity index (χ3n) is 2.23. The van der Waals surface area contributed by atoms with Gasteiger partial charge in [-0.15, -0.1) is 5.54 Å². The summed E-state index contributed by atoms with van der Waals surface area (Å²) in [5.74, 6) is 2.90. The van der Waals surface area contributed by atoms with Crippen molar-refractivity contribution in [3.63, 3.8) is 0 Å². The second-order valence-corrected chi connectivity index (χ2v) is 11.6. The third-order valence-corrected chi connectivity index (χ3v) is 3.10. The fraction of sp³-hybridized carbons (Fsp3) is 0.769. The maximum atomic E-state index is 11.7. The molecule has 1 heterocycles. The largest absolute Gasteiger partial charge is 0.444 e. The second kappa shape index (κ2) is 4.60. The maximum absolute atomic E-state index is 11.7. The quantitative estimate of drug-likeness (QED) is 0.539. The first-order valence-electron chi connectivity index (χ1n) is 6.15. The van der Waals surface area contributed by atoms with Crippen molar-refractivity contribution in [3.05, 3.63) is 0 Å². The zero-order chi connectivity index (χ0) is 14.2. The van der Waals surface area contributed by atoms with Crippen LogP contribution in [-0.2, 0) is 4.74 Å². The Labute approximate surface area is 110 Å². The number of amides is 1. The Bertz CT molecular complexity index is 389. The van der Waals surface area contributed by atoms with Gasteiger partial charge in [0.15, 0.2) is 5.60 Å². The average Bonchev–Trinajstić information content (AvgIpc) is 2.06. The van der Waals surface area contributed by atoms with Crippen molar-refractivity contribution in [2.75, 3.05) is 13.1 Å². The van der Waals surface area contributed by atoms with Gasteiger partial charge in [0.2, 0.25) is 0 Å². The van der Waals surface area contributed by atoms with Gasteiger partial charge in [0.1, 0.15) is 13.7 Å². The Morgan fingerprint density at radius 1 is 1.33 bits per heavy atom. The lowest BCUT2D eigenvalue weighted by atomic mass is 9.96. The molecule has 0 bridgehead atoms. The molecule has 0 saturated carbocycles. The molecule has 0 unspecified atom stereocenters. The lowest BCUT2D eigenvalue weighted by Crippen LogP contribution is -2.63. The number of aliphatic hydroxyl groups is 1. The summed E-state index contributed by atoms with van der Waals surface area (Å²) in [5, 5.41) is 10.1. The molecule has 1 saturated heterocycles. The Morgan fingerprint density at radius 3 is 2.22 bits per heavy atom. The number of likely N-dealkylation sites (tertiary alicyclic amines) is 1. The molecule has 1 rings (SSSR count). The van der Waals surface area contributed by atoms with Gasteiger partial charge in [-0.05, 0) is 20.8 Å². The SMILES string of the molecule is CC(C)(C)OC(=O)N1CC(O)(C#C[Si](C)(C)C)C1. The Balaban J connectivity index is 2.52. The van der Waals surface area contributed by atoms with Crippen LogP contribution in [0.15, 0.2) is 0 Å². The number of carbonyl (C=O) groups excluding carboxylic acids is 1. The second-order valence-electron chi connectivity index (χ2n) is 6.87. The minimum atomic E-state index is -1.49. The van der Waals surface area contributed by atoms with E-state index < -0.39 is 19.3 Å². The number of carbonyl (C=O) groups is 1. The lowest BCUT2D eigenvalue weighted by molar-refractivity contribution is -0.0637. The molecule has 5 heteroatoms. The maximum Gasteiger partial charge on any atom is 0.410 e. The van der Waals surface area contributed by atoms with Crippen molar-refractivity contribution in [3.8, 4) is 11.5 Å². The molecule has 1 fully saturated rings. The summed E-state index contributed by atoms with van der Waals surface area (Å²) in [6.07, 6.45) is -0.387. The van der Waals surface area contributed by atoms with Crippen molar-refractivity contribution >= 4 is 14.2 Å². The summed E-state index contributed by atoms with van der Waals surface area (Å²) in [6.45, 7) is 12.3. The molecule has 1 amide bonds. The molecule has 0 aromatic rings. The topological polar surface area (TPSA) is 49.8 Å². The molecular weight excluding hydrogens is 246 g/mol. The molecule has 18 heavy (non-hydrogen) atoms. The number of hydrogen-bond acceptors (Lipinski definition) is 3. The van der Waals surface area contributed by atoms with Crippen molar-refractivity contribution in [2.45, 2.75) is 51.6 Å². The van der Waals surface area contributed by atoms with Gasteiger partial charge in [-0.25, -0.2) is 4.79 Å². The van der Waals surface area contributed by atoms with Crippen molar-refractivity contribution in [2.24, 2.45) is 0 Å². The van der Waals surface area contributed by atoms with Gasteiger partial charge in [-0.3, -0.25) is 0 Å². The van der Waals surface area contributed by atoms with Crippen molar-refractivity contribution < 1.29 is 14.6 Å². The van der Waals surface area contributed by atoms with Crippen LogP contribution in [0.2, 0.25) is 19.6 Å². The van der Waals surface area contributed by atoms with Crippen molar-refractivity contribution in [1.29, 1.82) is 0 Å². The summed E-state index contributed by atoms with van der Waals surface area (Å²) in [6, 6.07) is 0. The highest BCUT2D eigenvalue weighted by molar-refractivity contribution is 6.83. The average molecular weight is 269 g/mol. The van der Waals surface area contributed by atoms with E-state index in [1.54, 1.807) is 0 Å². The summed E-state index contributed by atoms with van der Waals surface area (Å²) in [7, 11) is -1.49. The van der Waals surface area contributed by atoms with Crippen LogP contribution in [0, 0.1) is 11.5 Å². The molecule has 1 aliphatic rings. The predicted molar refractivity (Wildman–Crippen MR) is 73.9 cm³/mol. The number of rotatable bonds is 0. The van der Waals surface area contributed by atoms with Gasteiger partial charge in [0.25, 0.3) is 0 Å². The first kappa shape index (κ1) is 15.1. The van der Waals surface area contributed by atoms with Gasteiger partial charge in [-0.2, -0.15) is 0 Å². The fourth-order valence-electron chi connectivity index (χ4n) is 1.42. The standard InChI is InChI=1S/C13H23NO3Si/c1-12(2,3)17-11(15)14-9-13(16,10-14)7-8-18(4,5)6/h16H,9-10H2,1-6H3. The molecule has 4 nitrogen and oxygen atoms in total. The van der Waals surface area contributed by atoms with Crippen LogP contribution in [0.1, 0.15) is 20.8 Å². The van der Waals surface area contributed by atoms with E-state index in [1.807, 2.05) is 20.8 Å². The minimum Gasteiger partial charge on any atom is -0.444 e. The van der Waals surface area contributed by atoms with Crippen LogP contribution < -0.4 is 0 Å². The van der Waals surface area contributed by atoms with E-state index in [-0.39, 0.29) is 19.2 Å². The summed E-state index contributed by atoms with van der Waals surface area (Å²) >= 11 is 0. The number of ether oxygens (including phenoxy) is 1. The molecule has 1 N–H and O–H groups in total. The van der Waals surface area contributed by atoms with Gasteiger partial charge < -0.3 is 14.7 Å². The molecule has 0 spiro atoms. The van der Waals surface area contributed by atoms with Gasteiger partial charge in [-0.1, -0.05) is 25.6 Å². The van der Waals surface area contributed by atoms with Crippen LogP contribution in [0.25, 0.3) is 0 Å². The van der Waals surface area contributed by atoms with E-state index in [2.05, 4.69) is 31.1 Å². The van der Waals surface area contributed by atoms with E-state index in [0.717, 1.165) is 0 Å². The summed E-state index contributed by atoms with van der Waals surface area (Å²) in [5.41, 5.74) is 1.58. The Morgan fingerprint density at radius 2 is 1.83 bits per heavy atom. The molecule has 0 aliphatic carbocycles. The number of nitrogens with zero attached hydrogens (tertiary/aromatic N) is 1. The smallest absolute Gasteiger partial charge is 0.410 e. The summed E-state index contributed by atoms with van der Waals surface area (Å²) in [4.78, 5) is 13.2. The zero-order valence-electron chi connectivity index (χ0n) is 12.1. The Hall–Kier alpha value is -0.993. The first-order chi connectivity index (χ1) is 7.90. The van der Waals surface area contributed by atoms with Crippen molar-refractivity contribution in [1.82, 2.24) is 4.90 Å². The van der Waals surface area contributed by atoms with E-state index in [1.165, 1.54) is 4.90 Å². The highest BCUT2D eigenvalue weighted by atomic mass is 28.3. The molecule has 0 aromatic heterocycles. The number of hydrogen-bond donors (Lipinski definition) is 1. The molecule has 0 aromatic carbocycles. The van der Waals surface area contributed by atoms with Crippen LogP contribution in [0.5, 0.6) is 0 Å². The molecule has 1 aliphatic heterocycles. The number of β-amino-alcohol motifs (C(OH)–C–C–N with tert-alkyl or cyclic N) is 1. The fourth-order valence-corrected chi connectivity index (χ4v) is 2.03. The highest BCUT2D eigenvalue weighted by Gasteiger charge is 2.44.